The van der Waals surface area contributed by atoms with Crippen molar-refractivity contribution >= 4 is 11.6 Å². The van der Waals surface area contributed by atoms with Crippen LogP contribution in [0.1, 0.15) is 21.5 Å². The van der Waals surface area contributed by atoms with E-state index < -0.39 is 5.91 Å². The normalized spacial score (nSPS) is 10.2. The van der Waals surface area contributed by atoms with Crippen LogP contribution in [0, 0.1) is 0 Å². The molecule has 1 aromatic carbocycles. The molecule has 4 N–H and O–H groups in total. The summed E-state index contributed by atoms with van der Waals surface area (Å²) in [6.45, 7) is 0. The van der Waals surface area contributed by atoms with Crippen molar-refractivity contribution in [1.29, 1.82) is 0 Å². The van der Waals surface area contributed by atoms with E-state index in [2.05, 4.69) is 4.98 Å². The number of primary amides is 1. The molecule has 92 valence electrons. The van der Waals surface area contributed by atoms with Crippen LogP contribution in [0.15, 0.2) is 42.7 Å². The summed E-state index contributed by atoms with van der Waals surface area (Å²) in [6.07, 6.45) is 4.89. The molecule has 0 saturated heterocycles. The summed E-state index contributed by atoms with van der Waals surface area (Å²) >= 11 is 0. The monoisotopic (exact) mass is 241 g/mol. The first-order valence-corrected chi connectivity index (χ1v) is 5.73. The third-order valence-electron chi connectivity index (χ3n) is 2.73. The third kappa shape index (κ3) is 3.07. The molecule has 0 atom stereocenters. The average molecular weight is 241 g/mol. The Morgan fingerprint density at radius 3 is 2.61 bits per heavy atom. The maximum atomic E-state index is 11.0. The minimum absolute atomic E-state index is 0.445. The van der Waals surface area contributed by atoms with Crippen LogP contribution >= 0.6 is 0 Å². The van der Waals surface area contributed by atoms with Crippen molar-refractivity contribution in [2.75, 3.05) is 5.73 Å². The first-order valence-electron chi connectivity index (χ1n) is 5.73. The second-order valence-electron chi connectivity index (χ2n) is 4.19. The summed E-state index contributed by atoms with van der Waals surface area (Å²) in [6, 6.07) is 9.55. The molecular weight excluding hydrogens is 226 g/mol. The van der Waals surface area contributed by atoms with Crippen molar-refractivity contribution in [3.63, 3.8) is 0 Å². The number of aryl methyl sites for hydroxylation is 2. The molecule has 0 radical (unpaired) electrons. The van der Waals surface area contributed by atoms with Gasteiger partial charge in [0.1, 0.15) is 0 Å². The number of anilines is 1. The van der Waals surface area contributed by atoms with Crippen LogP contribution in [0.4, 0.5) is 5.69 Å². The molecule has 1 aromatic heterocycles. The van der Waals surface area contributed by atoms with Gasteiger partial charge in [-0.05, 0) is 42.2 Å². The number of hydrogen-bond acceptors (Lipinski definition) is 3. The minimum Gasteiger partial charge on any atom is -0.399 e. The van der Waals surface area contributed by atoms with Crippen molar-refractivity contribution in [1.82, 2.24) is 4.98 Å². The standard InChI is InChI=1S/C14H15N3O/c15-13-3-1-2-10(7-13)4-5-11-6-12(14(16)18)9-17-8-11/h1-3,6-9H,4-5,15H2,(H2,16,18). The maximum Gasteiger partial charge on any atom is 0.250 e. The van der Waals surface area contributed by atoms with E-state index in [1.807, 2.05) is 24.3 Å². The summed E-state index contributed by atoms with van der Waals surface area (Å²) in [4.78, 5) is 15.0. The van der Waals surface area contributed by atoms with E-state index in [-0.39, 0.29) is 0 Å². The smallest absolute Gasteiger partial charge is 0.250 e. The van der Waals surface area contributed by atoms with Crippen molar-refractivity contribution < 1.29 is 4.79 Å². The van der Waals surface area contributed by atoms with E-state index in [4.69, 9.17) is 11.5 Å². The van der Waals surface area contributed by atoms with Gasteiger partial charge in [-0.3, -0.25) is 9.78 Å². The number of benzene rings is 1. The van der Waals surface area contributed by atoms with Gasteiger partial charge < -0.3 is 11.5 Å². The predicted molar refractivity (Wildman–Crippen MR) is 71.0 cm³/mol. The van der Waals surface area contributed by atoms with E-state index in [0.717, 1.165) is 24.1 Å². The topological polar surface area (TPSA) is 82.0 Å². The lowest BCUT2D eigenvalue weighted by Crippen LogP contribution is -2.11. The van der Waals surface area contributed by atoms with E-state index in [9.17, 15) is 4.79 Å². The number of hydrogen-bond donors (Lipinski definition) is 2. The quantitative estimate of drug-likeness (QED) is 0.797. The molecule has 2 aromatic rings. The lowest BCUT2D eigenvalue weighted by molar-refractivity contribution is 0.1000. The zero-order chi connectivity index (χ0) is 13.0. The van der Waals surface area contributed by atoms with Crippen LogP contribution in [0.3, 0.4) is 0 Å². The van der Waals surface area contributed by atoms with Crippen LogP contribution in [0.2, 0.25) is 0 Å². The maximum absolute atomic E-state index is 11.0. The second kappa shape index (κ2) is 5.31. The molecule has 0 aliphatic heterocycles. The summed E-state index contributed by atoms with van der Waals surface area (Å²) in [5.41, 5.74) is 14.3. The number of carbonyl (C=O) groups excluding carboxylic acids is 1. The molecule has 0 unspecified atom stereocenters. The van der Waals surface area contributed by atoms with Crippen LogP contribution in [-0.2, 0) is 12.8 Å². The lowest BCUT2D eigenvalue weighted by Gasteiger charge is -2.04. The van der Waals surface area contributed by atoms with Crippen molar-refractivity contribution in [3.05, 3.63) is 59.4 Å². The number of aromatic nitrogens is 1. The first kappa shape index (κ1) is 12.1. The number of pyridine rings is 1. The Hall–Kier alpha value is -2.36. The minimum atomic E-state index is -0.451. The fourth-order valence-corrected chi connectivity index (χ4v) is 1.80. The fraction of sp³-hybridized carbons (Fsp3) is 0.143. The summed E-state index contributed by atoms with van der Waals surface area (Å²) in [5, 5.41) is 0. The van der Waals surface area contributed by atoms with Crippen LogP contribution < -0.4 is 11.5 Å². The third-order valence-corrected chi connectivity index (χ3v) is 2.73. The van der Waals surface area contributed by atoms with Gasteiger partial charge in [-0.2, -0.15) is 0 Å². The van der Waals surface area contributed by atoms with E-state index in [1.165, 1.54) is 11.8 Å². The van der Waals surface area contributed by atoms with Crippen LogP contribution in [0.5, 0.6) is 0 Å². The zero-order valence-corrected chi connectivity index (χ0v) is 9.97. The molecular formula is C14H15N3O. The van der Waals surface area contributed by atoms with Gasteiger partial charge in [-0.1, -0.05) is 12.1 Å². The summed E-state index contributed by atoms with van der Waals surface area (Å²) < 4.78 is 0. The molecule has 0 aliphatic carbocycles. The van der Waals surface area contributed by atoms with Gasteiger partial charge in [0, 0.05) is 18.1 Å². The number of nitrogens with zero attached hydrogens (tertiary/aromatic N) is 1. The van der Waals surface area contributed by atoms with Crippen molar-refractivity contribution in [2.45, 2.75) is 12.8 Å². The Morgan fingerprint density at radius 2 is 1.89 bits per heavy atom. The van der Waals surface area contributed by atoms with Gasteiger partial charge in [-0.15, -0.1) is 0 Å². The number of amides is 1. The molecule has 0 saturated carbocycles. The Kier molecular flexibility index (Phi) is 3.57. The Balaban J connectivity index is 2.06. The van der Waals surface area contributed by atoms with E-state index in [0.29, 0.717) is 5.56 Å². The lowest BCUT2D eigenvalue weighted by atomic mass is 10.0. The number of nitrogens with two attached hydrogens (primary N) is 2. The average Bonchev–Trinajstić information content (AvgIpc) is 2.37. The molecule has 4 nitrogen and oxygen atoms in total. The number of carbonyl (C=O) groups is 1. The highest BCUT2D eigenvalue weighted by molar-refractivity contribution is 5.92. The first-order chi connectivity index (χ1) is 8.65. The number of nitrogen functional groups attached to an aromatic ring is 1. The molecule has 0 fully saturated rings. The van der Waals surface area contributed by atoms with Crippen molar-refractivity contribution in [3.8, 4) is 0 Å². The molecule has 18 heavy (non-hydrogen) atoms. The Morgan fingerprint density at radius 1 is 1.11 bits per heavy atom. The Labute approximate surface area is 106 Å². The van der Waals surface area contributed by atoms with Gasteiger partial charge >= 0.3 is 0 Å². The van der Waals surface area contributed by atoms with Gasteiger partial charge in [0.25, 0.3) is 0 Å². The molecule has 1 heterocycles. The Bertz CT molecular complexity index is 566. The molecule has 0 bridgehead atoms. The van der Waals surface area contributed by atoms with Crippen LogP contribution in [0.25, 0.3) is 0 Å². The highest BCUT2D eigenvalue weighted by Crippen LogP contribution is 2.11. The van der Waals surface area contributed by atoms with Gasteiger partial charge in [0.05, 0.1) is 5.56 Å². The zero-order valence-electron chi connectivity index (χ0n) is 9.97. The summed E-state index contributed by atoms with van der Waals surface area (Å²) in [5.74, 6) is -0.451. The second-order valence-corrected chi connectivity index (χ2v) is 4.19. The molecule has 1 amide bonds. The largest absolute Gasteiger partial charge is 0.399 e. The predicted octanol–water partition coefficient (Wildman–Crippen LogP) is 1.55. The van der Waals surface area contributed by atoms with Crippen LogP contribution in [-0.4, -0.2) is 10.9 Å². The highest BCUT2D eigenvalue weighted by Gasteiger charge is 2.02. The number of rotatable bonds is 4. The van der Waals surface area contributed by atoms with Gasteiger partial charge in [0.2, 0.25) is 5.91 Å². The summed E-state index contributed by atoms with van der Waals surface area (Å²) in [7, 11) is 0. The molecule has 0 aliphatic rings. The highest BCUT2D eigenvalue weighted by atomic mass is 16.1. The fourth-order valence-electron chi connectivity index (χ4n) is 1.80. The van der Waals surface area contributed by atoms with Gasteiger partial charge in [0.15, 0.2) is 0 Å². The molecule has 0 spiro atoms. The molecule has 4 heteroatoms. The SMILES string of the molecule is NC(=O)c1cncc(CCc2cccc(N)c2)c1. The van der Waals surface area contributed by atoms with Crippen molar-refractivity contribution in [2.24, 2.45) is 5.73 Å². The van der Waals surface area contributed by atoms with Gasteiger partial charge in [-0.25, -0.2) is 0 Å². The van der Waals surface area contributed by atoms with E-state index in [1.54, 1.807) is 12.3 Å². The molecule has 2 rings (SSSR count). The van der Waals surface area contributed by atoms with E-state index >= 15 is 0 Å².